The van der Waals surface area contributed by atoms with E-state index < -0.39 is 45.8 Å². The highest BCUT2D eigenvalue weighted by atomic mass is 16.5. The average Bonchev–Trinajstić information content (AvgIpc) is 2.81. The lowest BCUT2D eigenvalue weighted by atomic mass is 9.92. The quantitative estimate of drug-likeness (QED) is 0.896. The van der Waals surface area contributed by atoms with Gasteiger partial charge in [-0.1, -0.05) is 36.4 Å². The van der Waals surface area contributed by atoms with Gasteiger partial charge in [0.05, 0.1) is 9.11 Å². The maximum Gasteiger partial charge on any atom is 0.307 e. The summed E-state index contributed by atoms with van der Waals surface area (Å²) in [5, 5.41) is 9.34. The fourth-order valence-corrected chi connectivity index (χ4v) is 2.55. The van der Waals surface area contributed by atoms with Crippen LogP contribution in [0, 0.1) is 0 Å². The molecule has 25 heavy (non-hydrogen) atoms. The second-order valence-corrected chi connectivity index (χ2v) is 5.21. The first-order chi connectivity index (χ1) is 16.7. The van der Waals surface area contributed by atoms with E-state index in [0.717, 1.165) is 12.1 Å². The summed E-state index contributed by atoms with van der Waals surface area (Å²) < 4.78 is 100. The highest BCUT2D eigenvalue weighted by molar-refractivity contribution is 5.85. The maximum absolute atomic E-state index is 11.5. The van der Waals surface area contributed by atoms with Gasteiger partial charge in [-0.25, -0.2) is 0 Å². The summed E-state index contributed by atoms with van der Waals surface area (Å²) in [5.41, 5.74) is -0.00647. The van der Waals surface area contributed by atoms with Crippen LogP contribution in [0.3, 0.4) is 0 Å². The zero-order valence-corrected chi connectivity index (χ0v) is 13.0. The lowest BCUT2D eigenvalue weighted by Gasteiger charge is -2.13. The molecule has 0 spiro atoms. The van der Waals surface area contributed by atoms with E-state index in [-0.39, 0.29) is 38.5 Å². The number of fused-ring (bicyclic) bond motifs is 2. The van der Waals surface area contributed by atoms with E-state index in [0.29, 0.717) is 0 Å². The first-order valence-corrected chi connectivity index (χ1v) is 7.37. The van der Waals surface area contributed by atoms with Gasteiger partial charge < -0.3 is 14.7 Å². The molecule has 3 rings (SSSR count). The summed E-state index contributed by atoms with van der Waals surface area (Å²) in [6.07, 6.45) is -2.45. The third-order valence-corrected chi connectivity index (χ3v) is 3.56. The van der Waals surface area contributed by atoms with Crippen LogP contribution in [0.4, 0.5) is 0 Å². The molecule has 1 heterocycles. The lowest BCUT2D eigenvalue weighted by Crippen LogP contribution is -2.12. The van der Waals surface area contributed by atoms with Crippen molar-refractivity contribution < 1.29 is 31.1 Å². The molecule has 130 valence electrons. The summed E-state index contributed by atoms with van der Waals surface area (Å²) in [7, 11) is 0. The van der Waals surface area contributed by atoms with Gasteiger partial charge in [-0.05, 0) is 54.8 Å². The van der Waals surface area contributed by atoms with Gasteiger partial charge in [0.1, 0.15) is 12.3 Å². The van der Waals surface area contributed by atoms with Crippen molar-refractivity contribution in [3.63, 3.8) is 0 Å². The minimum atomic E-state index is -3.32. The van der Waals surface area contributed by atoms with Crippen LogP contribution >= 0.6 is 0 Å². The Morgan fingerprint density at radius 2 is 2.20 bits per heavy atom. The lowest BCUT2D eigenvalue weighted by molar-refractivity contribution is -0.136. The Morgan fingerprint density at radius 1 is 1.36 bits per heavy atom. The minimum absolute atomic E-state index is 0.0153. The molecule has 0 aromatic heterocycles. The number of hydrogen-bond acceptors (Lipinski definition) is 3. The Bertz CT molecular complexity index is 1220. The Kier molecular flexibility index (Phi) is 2.33. The molecule has 0 fully saturated rings. The van der Waals surface area contributed by atoms with Crippen LogP contribution in [-0.2, 0) is 17.7 Å². The van der Waals surface area contributed by atoms with Crippen LogP contribution < -0.4 is 4.74 Å². The van der Waals surface area contributed by atoms with Crippen molar-refractivity contribution in [1.29, 1.82) is 0 Å². The summed E-state index contributed by atoms with van der Waals surface area (Å²) >= 11 is 0. The van der Waals surface area contributed by atoms with E-state index in [1.807, 2.05) is 0 Å². The van der Waals surface area contributed by atoms with Gasteiger partial charge >= 0.3 is 5.97 Å². The monoisotopic (exact) mass is 349 g/mol. The first kappa shape index (κ1) is 7.75. The third kappa shape index (κ3) is 4.09. The number of carbonyl (C=O) groups is 1. The summed E-state index contributed by atoms with van der Waals surface area (Å²) in [6, 6.07) is 9.44. The number of hydrogen-bond donors (Lipinski definition) is 1. The zero-order valence-electron chi connectivity index (χ0n) is 25.0. The summed E-state index contributed by atoms with van der Waals surface area (Å²) in [4.78, 5) is 11.3. The molecule has 0 radical (unpaired) electrons. The van der Waals surface area contributed by atoms with Gasteiger partial charge in [-0.3, -0.25) is 4.79 Å². The topological polar surface area (TPSA) is 49.8 Å². The van der Waals surface area contributed by atoms with Gasteiger partial charge in [0.25, 0.3) is 0 Å². The largest absolute Gasteiger partial charge is 0.488 e. The summed E-state index contributed by atoms with van der Waals surface area (Å²) in [6.45, 7) is -12.0. The number of carboxylic acids is 1. The van der Waals surface area contributed by atoms with Crippen molar-refractivity contribution in [1.82, 2.24) is 4.90 Å². The number of rotatable bonds is 5. The fraction of sp³-hybridized carbons (Fsp3) is 0.286. The van der Waals surface area contributed by atoms with Crippen molar-refractivity contribution in [3.8, 4) is 5.75 Å². The Labute approximate surface area is 165 Å². The molecule has 2 aromatic rings. The van der Waals surface area contributed by atoms with Gasteiger partial charge in [0.15, 0.2) is 0 Å². The number of aliphatic carboxylic acids is 1. The molecular weight excluding hydrogens is 314 g/mol. The second-order valence-electron chi connectivity index (χ2n) is 5.21. The van der Waals surface area contributed by atoms with Crippen molar-refractivity contribution in [3.05, 3.63) is 70.8 Å². The number of benzene rings is 2. The standard InChI is InChI=1S/C21H23NO3/c1-22(2)11-5-8-18-17-7-4-3-6-16(17)14-25-20-10-9-15(12-19(18)20)13-21(23)24/h3-4,6-10,12H,5,11,13-14H2,1-2H3,(H,23,24)/b18-8+/i1D3,2D3,11D2,13D2,14D2. The van der Waals surface area contributed by atoms with Gasteiger partial charge in [-0.15, -0.1) is 0 Å². The van der Waals surface area contributed by atoms with Crippen LogP contribution in [0.15, 0.2) is 48.5 Å². The van der Waals surface area contributed by atoms with E-state index in [2.05, 4.69) is 0 Å². The SMILES string of the molecule is [2H]C1([2H])Oc2ccc(C([2H])([2H])C(=O)O)cc2/C(=C/CC([2H])([2H])N(C([2H])([2H])[2H])C([2H])([2H])[2H])c2ccccc21. The normalized spacial score (nSPS) is 25.9. The molecule has 1 aliphatic rings. The molecule has 0 unspecified atom stereocenters. The molecule has 4 nitrogen and oxygen atoms in total. The highest BCUT2D eigenvalue weighted by Gasteiger charge is 2.19. The van der Waals surface area contributed by atoms with Gasteiger partial charge in [-0.2, -0.15) is 0 Å². The smallest absolute Gasteiger partial charge is 0.307 e. The predicted molar refractivity (Wildman–Crippen MR) is 98.8 cm³/mol. The van der Waals surface area contributed by atoms with Crippen LogP contribution in [0.25, 0.3) is 5.57 Å². The molecule has 4 heteroatoms. The van der Waals surface area contributed by atoms with E-state index in [1.54, 1.807) is 6.07 Å². The molecule has 2 aromatic carbocycles. The number of nitrogens with zero attached hydrogens (tertiary/aromatic N) is 1. The van der Waals surface area contributed by atoms with Crippen molar-refractivity contribution in [2.45, 2.75) is 19.4 Å². The zero-order chi connectivity index (χ0) is 28.2. The van der Waals surface area contributed by atoms with E-state index in [1.165, 1.54) is 30.3 Å². The van der Waals surface area contributed by atoms with Crippen LogP contribution in [-0.4, -0.2) is 36.4 Å². The molecule has 1 N–H and O–H groups in total. The Hall–Kier alpha value is -2.59. The van der Waals surface area contributed by atoms with Crippen molar-refractivity contribution in [2.24, 2.45) is 0 Å². The van der Waals surface area contributed by atoms with Crippen LogP contribution in [0.1, 0.15) is 45.1 Å². The Morgan fingerprint density at radius 3 is 3.00 bits per heavy atom. The molecule has 1 aliphatic heterocycles. The fourth-order valence-electron chi connectivity index (χ4n) is 2.55. The first-order valence-electron chi connectivity index (χ1n) is 13.4. The molecular formula is C21H23NO3. The minimum Gasteiger partial charge on any atom is -0.488 e. The number of carboxylic acid groups (broad SMARTS) is 1. The highest BCUT2D eigenvalue weighted by Crippen LogP contribution is 2.37. The average molecular weight is 349 g/mol. The molecule has 0 bridgehead atoms. The van der Waals surface area contributed by atoms with Crippen molar-refractivity contribution >= 4 is 11.5 Å². The van der Waals surface area contributed by atoms with Crippen LogP contribution in [0.5, 0.6) is 5.75 Å². The Balaban J connectivity index is 2.28. The van der Waals surface area contributed by atoms with E-state index >= 15 is 0 Å². The van der Waals surface area contributed by atoms with Gasteiger partial charge in [0.2, 0.25) is 0 Å². The van der Waals surface area contributed by atoms with E-state index in [4.69, 9.17) is 21.2 Å². The maximum atomic E-state index is 11.5. The van der Waals surface area contributed by atoms with Crippen molar-refractivity contribution in [2.75, 3.05) is 20.4 Å². The number of ether oxygens (including phenoxy) is 1. The molecule has 0 saturated carbocycles. The predicted octanol–water partition coefficient (Wildman–Crippen LogP) is 3.59. The van der Waals surface area contributed by atoms with Crippen LogP contribution in [0.2, 0.25) is 0 Å². The molecule has 0 saturated heterocycles. The molecule has 0 atom stereocenters. The second kappa shape index (κ2) is 7.53. The summed E-state index contributed by atoms with van der Waals surface area (Å²) in [5.74, 6) is -1.88. The molecule has 0 amide bonds. The third-order valence-electron chi connectivity index (χ3n) is 3.56. The van der Waals surface area contributed by atoms with E-state index in [9.17, 15) is 9.90 Å². The van der Waals surface area contributed by atoms with Gasteiger partial charge in [0, 0.05) is 25.8 Å². The molecule has 0 aliphatic carbocycles.